The Labute approximate surface area is 143 Å². The van der Waals surface area contributed by atoms with Crippen molar-refractivity contribution in [3.63, 3.8) is 0 Å². The number of methoxy groups -OCH3 is 1. The molecule has 0 aromatic carbocycles. The van der Waals surface area contributed by atoms with Crippen molar-refractivity contribution in [2.24, 2.45) is 7.05 Å². The van der Waals surface area contributed by atoms with Gasteiger partial charge in [0, 0.05) is 58.4 Å². The van der Waals surface area contributed by atoms with Crippen LogP contribution in [0, 0.1) is 6.92 Å². The molecule has 1 atom stereocenters. The highest BCUT2D eigenvalue weighted by molar-refractivity contribution is 5.76. The van der Waals surface area contributed by atoms with E-state index in [-0.39, 0.29) is 11.8 Å². The fraction of sp³-hybridized carbons (Fsp3) is 0.706. The van der Waals surface area contributed by atoms with Crippen molar-refractivity contribution in [2.45, 2.75) is 51.7 Å². The average Bonchev–Trinajstić information content (AvgIpc) is 2.90. The third kappa shape index (κ3) is 4.35. The molecule has 0 radical (unpaired) electrons. The number of hydrogen-bond donors (Lipinski definition) is 1. The van der Waals surface area contributed by atoms with Gasteiger partial charge in [-0.25, -0.2) is 0 Å². The predicted octanol–water partition coefficient (Wildman–Crippen LogP) is 1.15. The topological polar surface area (TPSA) is 76.5 Å². The fourth-order valence-corrected chi connectivity index (χ4v) is 3.18. The van der Waals surface area contributed by atoms with Crippen LogP contribution in [0.5, 0.6) is 0 Å². The maximum Gasteiger partial charge on any atom is 0.220 e. The first-order valence-corrected chi connectivity index (χ1v) is 8.42. The van der Waals surface area contributed by atoms with E-state index >= 15 is 0 Å². The minimum atomic E-state index is -0.411. The number of nitrogens with zero attached hydrogens (tertiary/aromatic N) is 3. The van der Waals surface area contributed by atoms with Crippen molar-refractivity contribution >= 4 is 11.8 Å². The highest BCUT2D eigenvalue weighted by Crippen LogP contribution is 2.29. The van der Waals surface area contributed by atoms with Gasteiger partial charge in [-0.3, -0.25) is 14.3 Å². The van der Waals surface area contributed by atoms with Gasteiger partial charge in [-0.15, -0.1) is 0 Å². The molecule has 0 unspecified atom stereocenters. The summed E-state index contributed by atoms with van der Waals surface area (Å²) in [7, 11) is 3.55. The molecule has 1 aromatic rings. The van der Waals surface area contributed by atoms with E-state index in [1.807, 2.05) is 18.9 Å². The van der Waals surface area contributed by atoms with Crippen LogP contribution < -0.4 is 5.32 Å². The number of ether oxygens (including phenoxy) is 1. The summed E-state index contributed by atoms with van der Waals surface area (Å²) in [6.45, 7) is 5.38. The molecule has 0 bridgehead atoms. The van der Waals surface area contributed by atoms with Crippen LogP contribution in [0.15, 0.2) is 6.20 Å². The van der Waals surface area contributed by atoms with E-state index in [0.29, 0.717) is 25.9 Å². The van der Waals surface area contributed by atoms with E-state index in [1.54, 1.807) is 24.9 Å². The van der Waals surface area contributed by atoms with Crippen molar-refractivity contribution in [1.29, 1.82) is 0 Å². The molecule has 7 nitrogen and oxygen atoms in total. The van der Waals surface area contributed by atoms with Gasteiger partial charge >= 0.3 is 0 Å². The number of aromatic nitrogens is 2. The molecule has 7 heteroatoms. The van der Waals surface area contributed by atoms with Gasteiger partial charge in [0.15, 0.2) is 0 Å². The molecule has 134 valence electrons. The number of nitrogens with one attached hydrogen (secondary N) is 1. The maximum atomic E-state index is 12.2. The Morgan fingerprint density at radius 2 is 2.21 bits per heavy atom. The van der Waals surface area contributed by atoms with E-state index in [0.717, 1.165) is 30.6 Å². The molecule has 0 aliphatic carbocycles. The number of amides is 2. The zero-order valence-electron chi connectivity index (χ0n) is 15.1. The van der Waals surface area contributed by atoms with Gasteiger partial charge in [0.05, 0.1) is 11.8 Å². The molecular weight excluding hydrogens is 308 g/mol. The molecule has 1 aromatic heterocycles. The monoisotopic (exact) mass is 336 g/mol. The summed E-state index contributed by atoms with van der Waals surface area (Å²) in [4.78, 5) is 25.6. The fourth-order valence-electron chi connectivity index (χ4n) is 3.18. The van der Waals surface area contributed by atoms with Crippen LogP contribution in [0.4, 0.5) is 0 Å². The standard InChI is InChI=1S/C17H28N4O3/c1-13-15(11-19-20(13)3)10-18-16(23)6-8-17(24-4)7-5-9-21(12-17)14(2)22/h11H,5-10,12H2,1-4H3,(H,18,23)/t17-/m0/s1. The average molecular weight is 336 g/mol. The smallest absolute Gasteiger partial charge is 0.220 e. The normalized spacial score (nSPS) is 20.9. The van der Waals surface area contributed by atoms with Crippen LogP contribution in [0.2, 0.25) is 0 Å². The molecule has 1 aliphatic rings. The van der Waals surface area contributed by atoms with Crippen LogP contribution in [-0.2, 0) is 27.9 Å². The first kappa shape index (κ1) is 18.4. The zero-order valence-corrected chi connectivity index (χ0v) is 15.1. The Balaban J connectivity index is 1.85. The van der Waals surface area contributed by atoms with Crippen LogP contribution >= 0.6 is 0 Å². The van der Waals surface area contributed by atoms with Crippen molar-refractivity contribution < 1.29 is 14.3 Å². The van der Waals surface area contributed by atoms with Gasteiger partial charge in [0.25, 0.3) is 0 Å². The Morgan fingerprint density at radius 1 is 1.46 bits per heavy atom. The molecule has 1 saturated heterocycles. The number of likely N-dealkylation sites (tertiary alicyclic amines) is 1. The SMILES string of the molecule is CO[C@]1(CCC(=O)NCc2cnn(C)c2C)CCCN(C(C)=O)C1. The number of piperidine rings is 1. The minimum Gasteiger partial charge on any atom is -0.376 e. The summed E-state index contributed by atoms with van der Waals surface area (Å²) in [5.41, 5.74) is 1.66. The summed E-state index contributed by atoms with van der Waals surface area (Å²) >= 11 is 0. The van der Waals surface area contributed by atoms with Gasteiger partial charge in [-0.05, 0) is 26.2 Å². The first-order chi connectivity index (χ1) is 11.4. The molecule has 24 heavy (non-hydrogen) atoms. The highest BCUT2D eigenvalue weighted by atomic mass is 16.5. The number of aryl methyl sites for hydroxylation is 1. The summed E-state index contributed by atoms with van der Waals surface area (Å²) in [5.74, 6) is 0.0576. The van der Waals surface area contributed by atoms with E-state index in [1.165, 1.54) is 0 Å². The Kier molecular flexibility index (Phi) is 5.99. The lowest BCUT2D eigenvalue weighted by molar-refractivity contribution is -0.139. The Hall–Kier alpha value is -1.89. The number of carbonyl (C=O) groups excluding carboxylic acids is 2. The van der Waals surface area contributed by atoms with Crippen molar-refractivity contribution in [3.8, 4) is 0 Å². The Bertz CT molecular complexity index is 599. The van der Waals surface area contributed by atoms with E-state index in [2.05, 4.69) is 10.4 Å². The molecular formula is C17H28N4O3. The largest absolute Gasteiger partial charge is 0.376 e. The van der Waals surface area contributed by atoms with Crippen molar-refractivity contribution in [1.82, 2.24) is 20.0 Å². The summed E-state index contributed by atoms with van der Waals surface area (Å²) in [6, 6.07) is 0. The lowest BCUT2D eigenvalue weighted by Crippen LogP contribution is -2.51. The second-order valence-electron chi connectivity index (χ2n) is 6.59. The first-order valence-electron chi connectivity index (χ1n) is 8.42. The molecule has 2 heterocycles. The van der Waals surface area contributed by atoms with Gasteiger partial charge in [-0.2, -0.15) is 5.10 Å². The number of rotatable bonds is 6. The molecule has 1 N–H and O–H groups in total. The second-order valence-corrected chi connectivity index (χ2v) is 6.59. The van der Waals surface area contributed by atoms with Gasteiger partial charge < -0.3 is 15.0 Å². The summed E-state index contributed by atoms with van der Waals surface area (Å²) in [6.07, 6.45) is 4.56. The third-order valence-corrected chi connectivity index (χ3v) is 5.04. The van der Waals surface area contributed by atoms with Crippen molar-refractivity contribution in [3.05, 3.63) is 17.5 Å². The quantitative estimate of drug-likeness (QED) is 0.845. The summed E-state index contributed by atoms with van der Waals surface area (Å²) < 4.78 is 7.50. The van der Waals surface area contributed by atoms with E-state index < -0.39 is 5.60 Å². The van der Waals surface area contributed by atoms with E-state index in [9.17, 15) is 9.59 Å². The molecule has 0 saturated carbocycles. The van der Waals surface area contributed by atoms with Crippen LogP contribution in [0.1, 0.15) is 43.9 Å². The van der Waals surface area contributed by atoms with Crippen LogP contribution in [0.25, 0.3) is 0 Å². The maximum absolute atomic E-state index is 12.2. The molecule has 2 rings (SSSR count). The summed E-state index contributed by atoms with van der Waals surface area (Å²) in [5, 5.41) is 7.11. The number of hydrogen-bond acceptors (Lipinski definition) is 4. The number of carbonyl (C=O) groups is 2. The van der Waals surface area contributed by atoms with Gasteiger partial charge in [0.2, 0.25) is 11.8 Å². The Morgan fingerprint density at radius 3 is 2.79 bits per heavy atom. The van der Waals surface area contributed by atoms with Gasteiger partial charge in [-0.1, -0.05) is 0 Å². The van der Waals surface area contributed by atoms with E-state index in [4.69, 9.17) is 4.74 Å². The predicted molar refractivity (Wildman–Crippen MR) is 90.3 cm³/mol. The lowest BCUT2D eigenvalue weighted by Gasteiger charge is -2.41. The molecule has 2 amide bonds. The zero-order chi connectivity index (χ0) is 17.7. The lowest BCUT2D eigenvalue weighted by atomic mass is 9.87. The molecule has 1 fully saturated rings. The van der Waals surface area contributed by atoms with Gasteiger partial charge in [0.1, 0.15) is 0 Å². The highest BCUT2D eigenvalue weighted by Gasteiger charge is 2.36. The molecule has 0 spiro atoms. The van der Waals surface area contributed by atoms with Crippen molar-refractivity contribution in [2.75, 3.05) is 20.2 Å². The minimum absolute atomic E-state index is 0.00498. The molecule has 1 aliphatic heterocycles. The van der Waals surface area contributed by atoms with Crippen LogP contribution in [-0.4, -0.2) is 52.3 Å². The third-order valence-electron chi connectivity index (χ3n) is 5.04. The second kappa shape index (κ2) is 7.79. The van der Waals surface area contributed by atoms with Crippen LogP contribution in [0.3, 0.4) is 0 Å².